The molecule has 25 heavy (non-hydrogen) atoms. The molecule has 2 aromatic carbocycles. The number of benzene rings is 2. The summed E-state index contributed by atoms with van der Waals surface area (Å²) in [5, 5.41) is 16.8. The highest BCUT2D eigenvalue weighted by Gasteiger charge is 2.11. The molecule has 0 bridgehead atoms. The third kappa shape index (κ3) is 4.14. The Labute approximate surface area is 146 Å². The Morgan fingerprint density at radius 2 is 1.88 bits per heavy atom. The number of aliphatic hydroxyl groups is 1. The van der Waals surface area contributed by atoms with Gasteiger partial charge in [0.2, 0.25) is 0 Å². The van der Waals surface area contributed by atoms with Crippen LogP contribution in [0.2, 0.25) is 0 Å². The van der Waals surface area contributed by atoms with E-state index in [0.29, 0.717) is 6.54 Å². The van der Waals surface area contributed by atoms with Gasteiger partial charge in [-0.05, 0) is 29.7 Å². The Morgan fingerprint density at radius 1 is 1.08 bits per heavy atom. The average molecular weight is 335 g/mol. The number of nitrogens with zero attached hydrogens (tertiary/aromatic N) is 1. The molecular weight excluding hydrogens is 314 g/mol. The second kappa shape index (κ2) is 7.77. The van der Waals surface area contributed by atoms with Crippen LogP contribution in [-0.2, 0) is 6.54 Å². The molecule has 0 radical (unpaired) electrons. The third-order valence-electron chi connectivity index (χ3n) is 4.16. The first-order valence-electron chi connectivity index (χ1n) is 8.23. The number of aromatic nitrogens is 1. The van der Waals surface area contributed by atoms with Crippen LogP contribution in [0.15, 0.2) is 60.8 Å². The molecule has 5 nitrogen and oxygen atoms in total. The zero-order valence-electron chi connectivity index (χ0n) is 14.1. The minimum absolute atomic E-state index is 0.157. The van der Waals surface area contributed by atoms with Gasteiger partial charge in [0.25, 0.3) is 0 Å². The SMILES string of the molecule is Cc1ccccc1[C@H](O)CNC(=O)NCc1cccc2cccnc12. The van der Waals surface area contributed by atoms with Crippen molar-refractivity contribution in [2.24, 2.45) is 0 Å². The zero-order valence-corrected chi connectivity index (χ0v) is 14.1. The van der Waals surface area contributed by atoms with Crippen molar-refractivity contribution >= 4 is 16.9 Å². The largest absolute Gasteiger partial charge is 0.387 e. The van der Waals surface area contributed by atoms with Crippen LogP contribution in [0.25, 0.3) is 10.9 Å². The smallest absolute Gasteiger partial charge is 0.315 e. The Hall–Kier alpha value is -2.92. The normalized spacial score (nSPS) is 11.9. The number of hydrogen-bond acceptors (Lipinski definition) is 3. The van der Waals surface area contributed by atoms with E-state index in [1.54, 1.807) is 6.20 Å². The molecule has 3 N–H and O–H groups in total. The van der Waals surface area contributed by atoms with Crippen molar-refractivity contribution in [3.63, 3.8) is 0 Å². The van der Waals surface area contributed by atoms with Gasteiger partial charge in [-0.15, -0.1) is 0 Å². The first-order valence-corrected chi connectivity index (χ1v) is 8.23. The number of aryl methyl sites for hydroxylation is 1. The number of rotatable bonds is 5. The summed E-state index contributed by atoms with van der Waals surface area (Å²) in [5.74, 6) is 0. The summed E-state index contributed by atoms with van der Waals surface area (Å²) in [4.78, 5) is 16.4. The number of para-hydroxylation sites is 1. The van der Waals surface area contributed by atoms with Crippen molar-refractivity contribution in [3.8, 4) is 0 Å². The van der Waals surface area contributed by atoms with Crippen LogP contribution >= 0.6 is 0 Å². The summed E-state index contributed by atoms with van der Waals surface area (Å²) >= 11 is 0. The van der Waals surface area contributed by atoms with Gasteiger partial charge in [-0.1, -0.05) is 48.5 Å². The molecule has 1 heterocycles. The molecule has 0 unspecified atom stereocenters. The summed E-state index contributed by atoms with van der Waals surface area (Å²) in [6, 6.07) is 17.0. The monoisotopic (exact) mass is 335 g/mol. The molecule has 2 amide bonds. The van der Waals surface area contributed by atoms with E-state index in [0.717, 1.165) is 27.6 Å². The topological polar surface area (TPSA) is 74.2 Å². The molecule has 0 saturated carbocycles. The van der Waals surface area contributed by atoms with E-state index >= 15 is 0 Å². The second-order valence-electron chi connectivity index (χ2n) is 5.93. The van der Waals surface area contributed by atoms with Crippen molar-refractivity contribution < 1.29 is 9.90 Å². The molecule has 0 aliphatic rings. The number of aliphatic hydroxyl groups excluding tert-OH is 1. The molecule has 1 atom stereocenters. The first kappa shape index (κ1) is 16.9. The summed E-state index contributed by atoms with van der Waals surface area (Å²) in [6.45, 7) is 2.47. The highest BCUT2D eigenvalue weighted by atomic mass is 16.3. The van der Waals surface area contributed by atoms with Crippen molar-refractivity contribution in [2.45, 2.75) is 19.6 Å². The first-order chi connectivity index (χ1) is 12.1. The summed E-state index contributed by atoms with van der Waals surface area (Å²) in [6.07, 6.45) is 1.01. The molecule has 0 saturated heterocycles. The highest BCUT2D eigenvalue weighted by Crippen LogP contribution is 2.17. The summed E-state index contributed by atoms with van der Waals surface area (Å²) in [5.41, 5.74) is 3.65. The minimum Gasteiger partial charge on any atom is -0.387 e. The van der Waals surface area contributed by atoms with E-state index in [2.05, 4.69) is 15.6 Å². The quantitative estimate of drug-likeness (QED) is 0.671. The van der Waals surface area contributed by atoms with E-state index < -0.39 is 6.10 Å². The van der Waals surface area contributed by atoms with Crippen LogP contribution in [0.3, 0.4) is 0 Å². The molecule has 3 aromatic rings. The number of hydrogen-bond donors (Lipinski definition) is 3. The average Bonchev–Trinajstić information content (AvgIpc) is 2.64. The lowest BCUT2D eigenvalue weighted by molar-refractivity contribution is 0.172. The number of carbonyl (C=O) groups excluding carboxylic acids is 1. The van der Waals surface area contributed by atoms with Crippen LogP contribution in [0.5, 0.6) is 0 Å². The van der Waals surface area contributed by atoms with Crippen molar-refractivity contribution in [1.82, 2.24) is 15.6 Å². The Morgan fingerprint density at radius 3 is 2.72 bits per heavy atom. The fourth-order valence-electron chi connectivity index (χ4n) is 2.81. The number of carbonyl (C=O) groups is 1. The van der Waals surface area contributed by atoms with Crippen LogP contribution < -0.4 is 10.6 Å². The van der Waals surface area contributed by atoms with Gasteiger partial charge in [0.05, 0.1) is 11.6 Å². The lowest BCUT2D eigenvalue weighted by atomic mass is 10.0. The Bertz CT molecular complexity index is 874. The number of nitrogens with one attached hydrogen (secondary N) is 2. The predicted molar refractivity (Wildman–Crippen MR) is 98.1 cm³/mol. The van der Waals surface area contributed by atoms with Gasteiger partial charge in [0.15, 0.2) is 0 Å². The molecular formula is C20H21N3O2. The van der Waals surface area contributed by atoms with Crippen LogP contribution in [0.1, 0.15) is 22.8 Å². The standard InChI is InChI=1S/C20H21N3O2/c1-14-6-2-3-10-17(14)18(24)13-23-20(25)22-12-16-8-4-7-15-9-5-11-21-19(15)16/h2-11,18,24H,12-13H2,1H3,(H2,22,23,25)/t18-/m1/s1. The molecule has 3 rings (SSSR count). The van der Waals surface area contributed by atoms with Gasteiger partial charge in [0, 0.05) is 24.7 Å². The van der Waals surface area contributed by atoms with E-state index in [-0.39, 0.29) is 12.6 Å². The lowest BCUT2D eigenvalue weighted by Crippen LogP contribution is -2.37. The Balaban J connectivity index is 1.55. The van der Waals surface area contributed by atoms with Gasteiger partial charge in [-0.25, -0.2) is 4.79 Å². The number of fused-ring (bicyclic) bond motifs is 1. The maximum Gasteiger partial charge on any atom is 0.315 e. The second-order valence-corrected chi connectivity index (χ2v) is 5.93. The van der Waals surface area contributed by atoms with Gasteiger partial charge in [0.1, 0.15) is 0 Å². The maximum absolute atomic E-state index is 12.0. The van der Waals surface area contributed by atoms with Crippen molar-refractivity contribution in [2.75, 3.05) is 6.54 Å². The van der Waals surface area contributed by atoms with E-state index in [1.165, 1.54) is 0 Å². The molecule has 0 aliphatic heterocycles. The number of urea groups is 1. The van der Waals surface area contributed by atoms with E-state index in [4.69, 9.17) is 0 Å². The van der Waals surface area contributed by atoms with Gasteiger partial charge < -0.3 is 15.7 Å². The van der Waals surface area contributed by atoms with Gasteiger partial charge in [-0.3, -0.25) is 4.98 Å². The third-order valence-corrected chi connectivity index (χ3v) is 4.16. The molecule has 1 aromatic heterocycles. The van der Waals surface area contributed by atoms with Crippen molar-refractivity contribution in [3.05, 3.63) is 77.5 Å². The predicted octanol–water partition coefficient (Wildman–Crippen LogP) is 3.08. The molecule has 128 valence electrons. The summed E-state index contributed by atoms with van der Waals surface area (Å²) < 4.78 is 0. The van der Waals surface area contributed by atoms with Gasteiger partial charge in [-0.2, -0.15) is 0 Å². The fourth-order valence-corrected chi connectivity index (χ4v) is 2.81. The summed E-state index contributed by atoms with van der Waals surface area (Å²) in [7, 11) is 0. The lowest BCUT2D eigenvalue weighted by Gasteiger charge is -2.15. The molecule has 0 spiro atoms. The van der Waals surface area contributed by atoms with E-state index in [1.807, 2.05) is 61.5 Å². The fraction of sp³-hybridized carbons (Fsp3) is 0.200. The van der Waals surface area contributed by atoms with Crippen LogP contribution in [0, 0.1) is 6.92 Å². The number of pyridine rings is 1. The zero-order chi connectivity index (χ0) is 17.6. The minimum atomic E-state index is -0.730. The van der Waals surface area contributed by atoms with Crippen LogP contribution in [0.4, 0.5) is 4.79 Å². The van der Waals surface area contributed by atoms with Gasteiger partial charge >= 0.3 is 6.03 Å². The number of amides is 2. The highest BCUT2D eigenvalue weighted by molar-refractivity contribution is 5.82. The maximum atomic E-state index is 12.0. The molecule has 5 heteroatoms. The Kier molecular flexibility index (Phi) is 5.26. The van der Waals surface area contributed by atoms with Crippen LogP contribution in [-0.4, -0.2) is 22.7 Å². The van der Waals surface area contributed by atoms with Crippen molar-refractivity contribution in [1.29, 1.82) is 0 Å². The van der Waals surface area contributed by atoms with E-state index in [9.17, 15) is 9.90 Å². The molecule has 0 fully saturated rings. The molecule has 0 aliphatic carbocycles.